The Bertz CT molecular complexity index is 749. The van der Waals surface area contributed by atoms with Gasteiger partial charge in [-0.05, 0) is 29.9 Å². The van der Waals surface area contributed by atoms with Crippen LogP contribution in [0.25, 0.3) is 0 Å². The molecule has 3 rings (SSSR count). The Kier molecular flexibility index (Phi) is 5.60. The first-order chi connectivity index (χ1) is 11.6. The van der Waals surface area contributed by atoms with Gasteiger partial charge in [0.2, 0.25) is 0 Å². The largest absolute Gasteiger partial charge is 0.349 e. The minimum Gasteiger partial charge on any atom is -0.349 e. The molecule has 6 heteroatoms. The van der Waals surface area contributed by atoms with E-state index in [1.54, 1.807) is 4.90 Å². The number of benzene rings is 2. The van der Waals surface area contributed by atoms with E-state index in [1.807, 2.05) is 48.5 Å². The summed E-state index contributed by atoms with van der Waals surface area (Å²) in [5, 5.41) is 3.55. The maximum absolute atomic E-state index is 12.6. The van der Waals surface area contributed by atoms with Crippen molar-refractivity contribution in [3.63, 3.8) is 0 Å². The average Bonchev–Trinajstić information content (AvgIpc) is 2.88. The summed E-state index contributed by atoms with van der Waals surface area (Å²) in [5.41, 5.74) is 1.97. The third kappa shape index (κ3) is 4.01. The zero-order chi connectivity index (χ0) is 16.9. The van der Waals surface area contributed by atoms with Crippen molar-refractivity contribution in [2.24, 2.45) is 0 Å². The van der Waals surface area contributed by atoms with E-state index in [9.17, 15) is 4.79 Å². The second-order valence-electron chi connectivity index (χ2n) is 5.36. The molecular weight excluding hydrogens is 356 g/mol. The maximum atomic E-state index is 12.6. The quantitative estimate of drug-likeness (QED) is 0.811. The number of hydrogen-bond acceptors (Lipinski definition) is 4. The molecule has 1 aliphatic heterocycles. The van der Waals surface area contributed by atoms with Gasteiger partial charge in [-0.1, -0.05) is 60.7 Å². The Morgan fingerprint density at radius 1 is 1.08 bits per heavy atom. The number of thiocarbonyl (C=S) groups is 2. The van der Waals surface area contributed by atoms with Crippen LogP contribution in [0.2, 0.25) is 0 Å². The van der Waals surface area contributed by atoms with Crippen LogP contribution in [0.15, 0.2) is 60.7 Å². The zero-order valence-corrected chi connectivity index (χ0v) is 15.3. The van der Waals surface area contributed by atoms with Gasteiger partial charge in [0.25, 0.3) is 5.91 Å². The van der Waals surface area contributed by atoms with Gasteiger partial charge in [0, 0.05) is 12.2 Å². The van der Waals surface area contributed by atoms with Crippen molar-refractivity contribution < 1.29 is 4.79 Å². The molecule has 0 aromatic heterocycles. The van der Waals surface area contributed by atoms with Crippen LogP contribution < -0.4 is 10.2 Å². The van der Waals surface area contributed by atoms with Crippen LogP contribution >= 0.6 is 36.2 Å². The Morgan fingerprint density at radius 2 is 1.71 bits per heavy atom. The highest BCUT2D eigenvalue weighted by molar-refractivity contribution is 8.23. The molecule has 24 heavy (non-hydrogen) atoms. The summed E-state index contributed by atoms with van der Waals surface area (Å²) in [7, 11) is 0. The zero-order valence-electron chi connectivity index (χ0n) is 12.8. The Hall–Kier alpha value is -1.76. The Labute approximate surface area is 156 Å². The predicted octanol–water partition coefficient (Wildman–Crippen LogP) is 3.58. The van der Waals surface area contributed by atoms with Crippen LogP contribution in [0.4, 0.5) is 5.69 Å². The van der Waals surface area contributed by atoms with Gasteiger partial charge < -0.3 is 5.32 Å². The van der Waals surface area contributed by atoms with Crippen molar-refractivity contribution in [1.29, 1.82) is 0 Å². The number of nitrogens with one attached hydrogen (secondary N) is 1. The van der Waals surface area contributed by atoms with E-state index in [0.717, 1.165) is 16.3 Å². The van der Waals surface area contributed by atoms with Gasteiger partial charge in [0.05, 0.1) is 9.88 Å². The molecule has 0 aliphatic carbocycles. The number of amides is 1. The van der Waals surface area contributed by atoms with E-state index in [0.29, 0.717) is 10.9 Å². The smallest absolute Gasteiger partial charge is 0.256 e. The van der Waals surface area contributed by atoms with E-state index in [2.05, 4.69) is 17.4 Å². The molecule has 122 valence electrons. The molecule has 0 saturated carbocycles. The topological polar surface area (TPSA) is 32.3 Å². The summed E-state index contributed by atoms with van der Waals surface area (Å²) < 4.78 is 0.875. The van der Waals surface area contributed by atoms with Crippen LogP contribution in [0.3, 0.4) is 0 Å². The highest BCUT2D eigenvalue weighted by Crippen LogP contribution is 2.22. The van der Waals surface area contributed by atoms with Gasteiger partial charge in [0.1, 0.15) is 6.04 Å². The van der Waals surface area contributed by atoms with Gasteiger partial charge in [0.15, 0.2) is 5.11 Å². The van der Waals surface area contributed by atoms with Gasteiger partial charge in [-0.2, -0.15) is 0 Å². The third-order valence-corrected chi connectivity index (χ3v) is 5.40. The van der Waals surface area contributed by atoms with E-state index in [1.165, 1.54) is 17.3 Å². The summed E-state index contributed by atoms with van der Waals surface area (Å²) in [6, 6.07) is 19.2. The van der Waals surface area contributed by atoms with E-state index < -0.39 is 0 Å². The first-order valence-electron chi connectivity index (χ1n) is 7.54. The second-order valence-corrected chi connectivity index (χ2v) is 7.61. The molecule has 1 saturated heterocycles. The molecule has 1 aliphatic rings. The number of anilines is 1. The summed E-state index contributed by atoms with van der Waals surface area (Å²) in [5.74, 6) is 0.551. The minimum atomic E-state index is -0.337. The fourth-order valence-electron chi connectivity index (χ4n) is 2.46. The summed E-state index contributed by atoms with van der Waals surface area (Å²) in [6.07, 6.45) is 0.731. The monoisotopic (exact) mass is 372 g/mol. The molecule has 1 unspecified atom stereocenters. The first-order valence-corrected chi connectivity index (χ1v) is 9.34. The molecule has 1 heterocycles. The van der Waals surface area contributed by atoms with Gasteiger partial charge in [-0.15, -0.1) is 11.8 Å². The predicted molar refractivity (Wildman–Crippen MR) is 109 cm³/mol. The molecule has 1 amide bonds. The lowest BCUT2D eigenvalue weighted by Crippen LogP contribution is -2.32. The maximum Gasteiger partial charge on any atom is 0.256 e. The van der Waals surface area contributed by atoms with Crippen molar-refractivity contribution >= 4 is 57.1 Å². The van der Waals surface area contributed by atoms with Crippen molar-refractivity contribution in [3.8, 4) is 0 Å². The summed E-state index contributed by atoms with van der Waals surface area (Å²) in [4.78, 5) is 14.2. The van der Waals surface area contributed by atoms with Crippen molar-refractivity contribution in [2.75, 3.05) is 10.7 Å². The Morgan fingerprint density at radius 3 is 2.38 bits per heavy atom. The standard InChI is InChI=1S/C18H16N2OS3/c21-17-15(12-24-16(22)11-13-7-3-1-4-8-13)19-18(23)20(17)14-9-5-2-6-10-14/h1-10,15H,11-12H2,(H,19,23). The van der Waals surface area contributed by atoms with Crippen LogP contribution in [-0.2, 0) is 11.2 Å². The highest BCUT2D eigenvalue weighted by atomic mass is 32.2. The minimum absolute atomic E-state index is 0.0267. The summed E-state index contributed by atoms with van der Waals surface area (Å²) >= 11 is 12.3. The summed E-state index contributed by atoms with van der Waals surface area (Å²) in [6.45, 7) is 0. The molecule has 3 nitrogen and oxygen atoms in total. The van der Waals surface area contributed by atoms with Gasteiger partial charge in [-0.3, -0.25) is 9.69 Å². The molecule has 1 N–H and O–H groups in total. The molecular formula is C18H16N2OS3. The number of para-hydroxylation sites is 1. The molecule has 2 aromatic rings. The lowest BCUT2D eigenvalue weighted by atomic mass is 10.2. The molecule has 1 fully saturated rings. The third-order valence-electron chi connectivity index (χ3n) is 3.64. The fraction of sp³-hybridized carbons (Fsp3) is 0.167. The normalized spacial score (nSPS) is 17.0. The van der Waals surface area contributed by atoms with Crippen LogP contribution in [0.1, 0.15) is 5.56 Å². The molecule has 0 spiro atoms. The fourth-order valence-corrected chi connectivity index (χ4v) is 4.01. The molecule has 0 radical (unpaired) electrons. The second kappa shape index (κ2) is 7.88. The van der Waals surface area contributed by atoms with E-state index in [-0.39, 0.29) is 11.9 Å². The van der Waals surface area contributed by atoms with Crippen LogP contribution in [-0.4, -0.2) is 27.0 Å². The lowest BCUT2D eigenvalue weighted by Gasteiger charge is -2.14. The highest BCUT2D eigenvalue weighted by Gasteiger charge is 2.36. The number of hydrogen-bond donors (Lipinski definition) is 1. The van der Waals surface area contributed by atoms with E-state index >= 15 is 0 Å². The van der Waals surface area contributed by atoms with E-state index in [4.69, 9.17) is 24.4 Å². The van der Waals surface area contributed by atoms with Gasteiger partial charge in [-0.25, -0.2) is 0 Å². The molecule has 1 atom stereocenters. The Balaban J connectivity index is 1.58. The van der Waals surface area contributed by atoms with Gasteiger partial charge >= 0.3 is 0 Å². The SMILES string of the molecule is O=C1C(CSC(=S)Cc2ccccc2)NC(=S)N1c1ccccc1. The number of carbonyl (C=O) groups excluding carboxylic acids is 1. The number of rotatable bonds is 5. The van der Waals surface area contributed by atoms with Crippen molar-refractivity contribution in [1.82, 2.24) is 5.32 Å². The van der Waals surface area contributed by atoms with Crippen LogP contribution in [0, 0.1) is 0 Å². The lowest BCUT2D eigenvalue weighted by molar-refractivity contribution is -0.117. The first kappa shape index (κ1) is 17.1. The number of carbonyl (C=O) groups is 1. The number of nitrogens with zero attached hydrogens (tertiary/aromatic N) is 1. The van der Waals surface area contributed by atoms with Crippen molar-refractivity contribution in [2.45, 2.75) is 12.5 Å². The number of thioether (sulfide) groups is 1. The molecule has 2 aromatic carbocycles. The van der Waals surface area contributed by atoms with Crippen LogP contribution in [0.5, 0.6) is 0 Å². The van der Waals surface area contributed by atoms with Crippen molar-refractivity contribution in [3.05, 3.63) is 66.2 Å². The average molecular weight is 373 g/mol. The molecule has 0 bridgehead atoms.